The third-order valence-corrected chi connectivity index (χ3v) is 6.53. The first kappa shape index (κ1) is 16.7. The first-order valence-electron chi connectivity index (χ1n) is 8.94. The van der Waals surface area contributed by atoms with Crippen molar-refractivity contribution in [1.29, 1.82) is 0 Å². The van der Waals surface area contributed by atoms with Gasteiger partial charge in [-0.25, -0.2) is 0 Å². The predicted molar refractivity (Wildman–Crippen MR) is 95.5 cm³/mol. The molecule has 2 N–H and O–H groups in total. The Hall–Kier alpha value is -1.75. The highest BCUT2D eigenvalue weighted by atomic mass is 35.5. The van der Waals surface area contributed by atoms with Crippen LogP contribution in [0.15, 0.2) is 18.2 Å². The Balaban J connectivity index is 1.66. The van der Waals surface area contributed by atoms with E-state index in [2.05, 4.69) is 17.6 Å². The van der Waals surface area contributed by atoms with Gasteiger partial charge in [-0.3, -0.25) is 9.59 Å². The van der Waals surface area contributed by atoms with E-state index in [1.54, 1.807) is 12.1 Å². The number of hydrogen-bond acceptors (Lipinski definition) is 4. The minimum Gasteiger partial charge on any atom is -0.466 e. The normalized spacial score (nSPS) is 35.7. The zero-order valence-corrected chi connectivity index (χ0v) is 15.3. The first-order chi connectivity index (χ1) is 11.9. The van der Waals surface area contributed by atoms with Gasteiger partial charge in [0.05, 0.1) is 18.1 Å². The minimum atomic E-state index is -0.492. The lowest BCUT2D eigenvalue weighted by Crippen LogP contribution is -2.69. The summed E-state index contributed by atoms with van der Waals surface area (Å²) < 4.78 is 5.30. The number of ether oxygens (including phenoxy) is 1. The van der Waals surface area contributed by atoms with Gasteiger partial charge >= 0.3 is 5.97 Å². The van der Waals surface area contributed by atoms with Crippen LogP contribution < -0.4 is 10.6 Å². The van der Waals surface area contributed by atoms with Gasteiger partial charge in [-0.15, -0.1) is 0 Å². The van der Waals surface area contributed by atoms with Crippen molar-refractivity contribution in [2.24, 2.45) is 17.3 Å². The molecule has 3 aliphatic carbocycles. The monoisotopic (exact) mass is 362 g/mol. The van der Waals surface area contributed by atoms with Crippen molar-refractivity contribution in [3.63, 3.8) is 0 Å². The summed E-state index contributed by atoms with van der Waals surface area (Å²) in [4.78, 5) is 25.1. The van der Waals surface area contributed by atoms with Gasteiger partial charge in [0.15, 0.2) is 0 Å². The molecule has 134 valence electrons. The van der Waals surface area contributed by atoms with Crippen LogP contribution in [0, 0.1) is 17.3 Å². The van der Waals surface area contributed by atoms with Crippen LogP contribution in [0.25, 0.3) is 0 Å². The molecule has 1 aliphatic heterocycles. The summed E-state index contributed by atoms with van der Waals surface area (Å²) >= 11 is 6.03. The molecule has 4 atom stereocenters. The molecule has 1 amide bonds. The van der Waals surface area contributed by atoms with E-state index in [1.807, 2.05) is 13.0 Å². The Labute approximate surface area is 152 Å². The SMILES string of the molecule is CCOC(=O)[C@@H]1C[C@H]2CC[C@@]1(C)C[C@]21NC(=O)c2cc(Cl)ccc2N1. The third-order valence-electron chi connectivity index (χ3n) is 6.30. The van der Waals surface area contributed by atoms with Crippen molar-refractivity contribution in [1.82, 2.24) is 5.32 Å². The van der Waals surface area contributed by atoms with Crippen molar-refractivity contribution in [2.75, 3.05) is 11.9 Å². The number of fused-ring (bicyclic) bond motifs is 3. The van der Waals surface area contributed by atoms with Gasteiger partial charge in [0.2, 0.25) is 0 Å². The van der Waals surface area contributed by atoms with Crippen LogP contribution in [0.2, 0.25) is 5.02 Å². The molecule has 0 aromatic heterocycles. The summed E-state index contributed by atoms with van der Waals surface area (Å²) in [6, 6.07) is 5.35. The maximum Gasteiger partial charge on any atom is 0.309 e. The van der Waals surface area contributed by atoms with Crippen molar-refractivity contribution in [3.05, 3.63) is 28.8 Å². The van der Waals surface area contributed by atoms with Crippen LogP contribution in [-0.2, 0) is 9.53 Å². The fraction of sp³-hybridized carbons (Fsp3) is 0.579. The van der Waals surface area contributed by atoms with E-state index in [4.69, 9.17) is 16.3 Å². The van der Waals surface area contributed by atoms with E-state index in [1.165, 1.54) is 0 Å². The Bertz CT molecular complexity index is 752. The molecule has 0 unspecified atom stereocenters. The maximum atomic E-state index is 12.7. The second-order valence-corrected chi connectivity index (χ2v) is 8.28. The second-order valence-electron chi connectivity index (χ2n) is 7.85. The number of nitrogens with one attached hydrogen (secondary N) is 2. The Kier molecular flexibility index (Phi) is 3.76. The van der Waals surface area contributed by atoms with Crippen molar-refractivity contribution < 1.29 is 14.3 Å². The predicted octanol–water partition coefficient (Wildman–Crippen LogP) is 3.58. The maximum absolute atomic E-state index is 12.7. The van der Waals surface area contributed by atoms with Gasteiger partial charge in [-0.05, 0) is 56.2 Å². The van der Waals surface area contributed by atoms with E-state index in [-0.39, 0.29) is 29.1 Å². The number of anilines is 1. The molecule has 25 heavy (non-hydrogen) atoms. The molecular formula is C19H23ClN2O3. The standard InChI is InChI=1S/C19H23ClN2O3/c1-3-25-17(24)14-8-11-6-7-18(14,2)10-19(11)21-15-5-4-12(20)9-13(15)16(23)22-19/h4-5,9,11,14,21H,3,6-8,10H2,1-2H3,(H,22,23)/t11-,14+,18+,19+/m1/s1. The summed E-state index contributed by atoms with van der Waals surface area (Å²) in [5.41, 5.74) is 0.725. The molecule has 0 saturated heterocycles. The highest BCUT2D eigenvalue weighted by molar-refractivity contribution is 6.31. The lowest BCUT2D eigenvalue weighted by molar-refractivity contribution is -0.163. The topological polar surface area (TPSA) is 67.4 Å². The number of hydrogen-bond donors (Lipinski definition) is 2. The van der Waals surface area contributed by atoms with Gasteiger partial charge in [0.1, 0.15) is 5.66 Å². The lowest BCUT2D eigenvalue weighted by atomic mass is 9.51. The van der Waals surface area contributed by atoms with E-state index in [0.29, 0.717) is 17.2 Å². The summed E-state index contributed by atoms with van der Waals surface area (Å²) in [5.74, 6) is -0.0856. The number of carbonyl (C=O) groups excluding carboxylic acids is 2. The molecule has 1 aromatic carbocycles. The fourth-order valence-electron chi connectivity index (χ4n) is 5.08. The van der Waals surface area contributed by atoms with Gasteiger partial charge in [-0.2, -0.15) is 0 Å². The van der Waals surface area contributed by atoms with E-state index in [9.17, 15) is 9.59 Å². The molecule has 0 radical (unpaired) electrons. The van der Waals surface area contributed by atoms with Gasteiger partial charge in [0.25, 0.3) is 5.91 Å². The molecule has 5 nitrogen and oxygen atoms in total. The number of benzene rings is 1. The number of halogens is 1. The summed E-state index contributed by atoms with van der Waals surface area (Å²) in [7, 11) is 0. The molecule has 3 fully saturated rings. The number of rotatable bonds is 2. The average molecular weight is 363 g/mol. The number of esters is 1. The summed E-state index contributed by atoms with van der Waals surface area (Å²) in [6.07, 6.45) is 3.43. The largest absolute Gasteiger partial charge is 0.466 e. The number of amides is 1. The smallest absolute Gasteiger partial charge is 0.309 e. The Morgan fingerprint density at radius 1 is 1.40 bits per heavy atom. The minimum absolute atomic E-state index is 0.0952. The van der Waals surface area contributed by atoms with Crippen LogP contribution in [0.3, 0.4) is 0 Å². The van der Waals surface area contributed by atoms with Crippen LogP contribution in [0.5, 0.6) is 0 Å². The molecule has 2 bridgehead atoms. The van der Waals surface area contributed by atoms with E-state index >= 15 is 0 Å². The third kappa shape index (κ3) is 2.51. The van der Waals surface area contributed by atoms with Gasteiger partial charge < -0.3 is 15.4 Å². The van der Waals surface area contributed by atoms with Crippen molar-refractivity contribution in [2.45, 2.75) is 45.2 Å². The zero-order chi connectivity index (χ0) is 17.8. The molecule has 4 aliphatic rings. The molecule has 5 rings (SSSR count). The van der Waals surface area contributed by atoms with Crippen molar-refractivity contribution >= 4 is 29.2 Å². The van der Waals surface area contributed by atoms with Crippen LogP contribution in [0.1, 0.15) is 49.9 Å². The zero-order valence-electron chi connectivity index (χ0n) is 14.5. The van der Waals surface area contributed by atoms with E-state index < -0.39 is 5.66 Å². The van der Waals surface area contributed by atoms with Gasteiger partial charge in [-0.1, -0.05) is 18.5 Å². The first-order valence-corrected chi connectivity index (χ1v) is 9.31. The summed E-state index contributed by atoms with van der Waals surface area (Å²) in [6.45, 7) is 4.40. The van der Waals surface area contributed by atoms with Crippen molar-refractivity contribution in [3.8, 4) is 0 Å². The molecular weight excluding hydrogens is 340 g/mol. The summed E-state index contributed by atoms with van der Waals surface area (Å²) in [5, 5.41) is 7.33. The molecule has 1 spiro atoms. The average Bonchev–Trinajstić information content (AvgIpc) is 2.55. The van der Waals surface area contributed by atoms with Crippen LogP contribution in [-0.4, -0.2) is 24.1 Å². The van der Waals surface area contributed by atoms with E-state index in [0.717, 1.165) is 31.4 Å². The number of carbonyl (C=O) groups is 2. The Morgan fingerprint density at radius 2 is 2.20 bits per heavy atom. The highest BCUT2D eigenvalue weighted by Gasteiger charge is 2.60. The molecule has 6 heteroatoms. The van der Waals surface area contributed by atoms with Crippen LogP contribution in [0.4, 0.5) is 5.69 Å². The highest BCUT2D eigenvalue weighted by Crippen LogP contribution is 2.58. The fourth-order valence-corrected chi connectivity index (χ4v) is 5.25. The molecule has 1 aromatic rings. The second kappa shape index (κ2) is 5.63. The molecule has 1 heterocycles. The quantitative estimate of drug-likeness (QED) is 0.789. The molecule has 3 saturated carbocycles. The van der Waals surface area contributed by atoms with Gasteiger partial charge in [0, 0.05) is 16.6 Å². The lowest BCUT2D eigenvalue weighted by Gasteiger charge is -2.60. The Morgan fingerprint density at radius 3 is 2.92 bits per heavy atom. The van der Waals surface area contributed by atoms with Crippen LogP contribution >= 0.6 is 11.6 Å².